The lowest BCUT2D eigenvalue weighted by molar-refractivity contribution is -0.117. The first-order chi connectivity index (χ1) is 14.1. The molecule has 2 aromatic carbocycles. The largest absolute Gasteiger partial charge is 0.346 e. The molecular formula is C23H30N4OS. The van der Waals surface area contributed by atoms with Crippen LogP contribution in [0.5, 0.6) is 0 Å². The van der Waals surface area contributed by atoms with E-state index in [4.69, 9.17) is 12.2 Å². The normalized spacial score (nSPS) is 14.5. The summed E-state index contributed by atoms with van der Waals surface area (Å²) >= 11 is 5.62. The van der Waals surface area contributed by atoms with Gasteiger partial charge < -0.3 is 15.5 Å². The first-order valence-electron chi connectivity index (χ1n) is 10.3. The minimum Gasteiger partial charge on any atom is -0.346 e. The van der Waals surface area contributed by atoms with E-state index in [1.165, 1.54) is 5.56 Å². The van der Waals surface area contributed by atoms with E-state index >= 15 is 0 Å². The fraction of sp³-hybridized carbons (Fsp3) is 0.391. The Morgan fingerprint density at radius 1 is 0.862 bits per heavy atom. The Balaban J connectivity index is 1.47. The molecule has 2 aromatic rings. The van der Waals surface area contributed by atoms with Gasteiger partial charge in [-0.15, -0.1) is 0 Å². The second-order valence-electron chi connectivity index (χ2n) is 7.26. The number of para-hydroxylation sites is 2. The van der Waals surface area contributed by atoms with Gasteiger partial charge in [0.15, 0.2) is 5.11 Å². The molecule has 3 rings (SSSR count). The zero-order chi connectivity index (χ0) is 20.6. The number of carbonyl (C=O) groups excluding carboxylic acids is 1. The summed E-state index contributed by atoms with van der Waals surface area (Å²) in [5, 5.41) is 7.20. The molecule has 1 saturated heterocycles. The van der Waals surface area contributed by atoms with Gasteiger partial charge in [0.05, 0.1) is 6.54 Å². The lowest BCUT2D eigenvalue weighted by atomic mass is 10.1. The van der Waals surface area contributed by atoms with Crippen LogP contribution in [0.15, 0.2) is 48.5 Å². The number of thiocarbonyl (C=S) groups is 1. The molecule has 5 nitrogen and oxygen atoms in total. The van der Waals surface area contributed by atoms with Crippen molar-refractivity contribution in [3.63, 3.8) is 0 Å². The molecule has 1 fully saturated rings. The summed E-state index contributed by atoms with van der Waals surface area (Å²) in [7, 11) is 0. The number of hydrogen-bond acceptors (Lipinski definition) is 3. The number of piperazine rings is 1. The van der Waals surface area contributed by atoms with Crippen molar-refractivity contribution in [2.24, 2.45) is 0 Å². The van der Waals surface area contributed by atoms with Gasteiger partial charge in [-0.05, 0) is 48.3 Å². The number of anilines is 2. The van der Waals surface area contributed by atoms with E-state index in [9.17, 15) is 4.79 Å². The first-order valence-corrected chi connectivity index (χ1v) is 10.8. The van der Waals surface area contributed by atoms with Gasteiger partial charge in [0, 0.05) is 37.6 Å². The molecule has 154 valence electrons. The van der Waals surface area contributed by atoms with Crippen LogP contribution in [-0.2, 0) is 17.6 Å². The van der Waals surface area contributed by atoms with Crippen molar-refractivity contribution < 1.29 is 4.79 Å². The third-order valence-corrected chi connectivity index (χ3v) is 5.70. The smallest absolute Gasteiger partial charge is 0.238 e. The lowest BCUT2D eigenvalue weighted by Crippen LogP contribution is -2.51. The SMILES string of the molecule is CCc1ccccc1NC(=O)CN1CCN(C(=S)Nc2ccccc2CC)CC1. The number of benzene rings is 2. The Morgan fingerprint density at radius 3 is 1.93 bits per heavy atom. The van der Waals surface area contributed by atoms with Crippen LogP contribution in [-0.4, -0.2) is 53.5 Å². The first kappa shape index (κ1) is 21.3. The monoisotopic (exact) mass is 410 g/mol. The summed E-state index contributed by atoms with van der Waals surface area (Å²) in [5.74, 6) is 0.0388. The third-order valence-electron chi connectivity index (χ3n) is 5.34. The maximum atomic E-state index is 12.5. The topological polar surface area (TPSA) is 47.6 Å². The van der Waals surface area contributed by atoms with E-state index in [2.05, 4.69) is 58.5 Å². The van der Waals surface area contributed by atoms with Gasteiger partial charge in [-0.25, -0.2) is 0 Å². The summed E-state index contributed by atoms with van der Waals surface area (Å²) in [6.07, 6.45) is 1.87. The Kier molecular flexibility index (Phi) is 7.61. The summed E-state index contributed by atoms with van der Waals surface area (Å²) in [6.45, 7) is 7.93. The molecule has 6 heteroatoms. The molecule has 29 heavy (non-hydrogen) atoms. The van der Waals surface area contributed by atoms with Crippen LogP contribution in [0.1, 0.15) is 25.0 Å². The maximum absolute atomic E-state index is 12.5. The molecule has 1 aliphatic rings. The van der Waals surface area contributed by atoms with Crippen LogP contribution in [0, 0.1) is 0 Å². The number of nitrogens with zero attached hydrogens (tertiary/aromatic N) is 2. The molecule has 0 atom stereocenters. The Hall–Kier alpha value is -2.44. The van der Waals surface area contributed by atoms with Gasteiger partial charge in [0.2, 0.25) is 5.91 Å². The predicted octanol–water partition coefficient (Wildman–Crippen LogP) is 3.76. The van der Waals surface area contributed by atoms with Gasteiger partial charge in [0.25, 0.3) is 0 Å². The molecule has 1 amide bonds. The number of aryl methyl sites for hydroxylation is 2. The molecule has 2 N–H and O–H groups in total. The molecule has 0 spiro atoms. The summed E-state index contributed by atoms with van der Waals surface area (Å²) in [5.41, 5.74) is 4.42. The van der Waals surface area contributed by atoms with Crippen LogP contribution >= 0.6 is 12.2 Å². The molecule has 0 aromatic heterocycles. The van der Waals surface area contributed by atoms with Crippen molar-refractivity contribution in [1.29, 1.82) is 0 Å². The van der Waals surface area contributed by atoms with Gasteiger partial charge in [0.1, 0.15) is 0 Å². The molecule has 0 radical (unpaired) electrons. The van der Waals surface area contributed by atoms with Crippen molar-refractivity contribution in [2.45, 2.75) is 26.7 Å². The van der Waals surface area contributed by atoms with Crippen LogP contribution in [0.2, 0.25) is 0 Å². The highest BCUT2D eigenvalue weighted by atomic mass is 32.1. The van der Waals surface area contributed by atoms with E-state index in [-0.39, 0.29) is 5.91 Å². The van der Waals surface area contributed by atoms with Crippen molar-refractivity contribution in [3.05, 3.63) is 59.7 Å². The summed E-state index contributed by atoms with van der Waals surface area (Å²) < 4.78 is 0. The quantitative estimate of drug-likeness (QED) is 0.710. The summed E-state index contributed by atoms with van der Waals surface area (Å²) in [4.78, 5) is 16.8. The zero-order valence-electron chi connectivity index (χ0n) is 17.3. The minimum atomic E-state index is 0.0388. The standard InChI is InChI=1S/C23H30N4OS/c1-3-18-9-5-7-11-20(18)24-22(28)17-26-13-15-27(16-14-26)23(29)25-21-12-8-6-10-19(21)4-2/h5-12H,3-4,13-17H2,1-2H3,(H,24,28)(H,25,29). The van der Waals surface area contributed by atoms with E-state index in [1.54, 1.807) is 0 Å². The predicted molar refractivity (Wildman–Crippen MR) is 125 cm³/mol. The van der Waals surface area contributed by atoms with Crippen molar-refractivity contribution in [3.8, 4) is 0 Å². The summed E-state index contributed by atoms with van der Waals surface area (Å²) in [6, 6.07) is 16.2. The fourth-order valence-corrected chi connectivity index (χ4v) is 3.89. The molecule has 1 aliphatic heterocycles. The highest BCUT2D eigenvalue weighted by Gasteiger charge is 2.21. The molecule has 0 aliphatic carbocycles. The average molecular weight is 411 g/mol. The molecule has 0 bridgehead atoms. The number of nitrogens with one attached hydrogen (secondary N) is 2. The average Bonchev–Trinajstić information content (AvgIpc) is 2.75. The molecule has 0 saturated carbocycles. The number of hydrogen-bond donors (Lipinski definition) is 2. The van der Waals surface area contributed by atoms with Gasteiger partial charge in [-0.2, -0.15) is 0 Å². The van der Waals surface area contributed by atoms with E-state index in [0.29, 0.717) is 6.54 Å². The van der Waals surface area contributed by atoms with Crippen LogP contribution < -0.4 is 10.6 Å². The van der Waals surface area contributed by atoms with Crippen LogP contribution in [0.4, 0.5) is 11.4 Å². The highest BCUT2D eigenvalue weighted by Crippen LogP contribution is 2.17. The van der Waals surface area contributed by atoms with Gasteiger partial charge >= 0.3 is 0 Å². The third kappa shape index (κ3) is 5.78. The molecule has 1 heterocycles. The van der Waals surface area contributed by atoms with Crippen molar-refractivity contribution >= 4 is 34.6 Å². The number of amides is 1. The maximum Gasteiger partial charge on any atom is 0.238 e. The van der Waals surface area contributed by atoms with Crippen molar-refractivity contribution in [1.82, 2.24) is 9.80 Å². The second kappa shape index (κ2) is 10.4. The van der Waals surface area contributed by atoms with E-state index in [0.717, 1.165) is 61.1 Å². The highest BCUT2D eigenvalue weighted by molar-refractivity contribution is 7.80. The van der Waals surface area contributed by atoms with Crippen LogP contribution in [0.3, 0.4) is 0 Å². The lowest BCUT2D eigenvalue weighted by Gasteiger charge is -2.36. The van der Waals surface area contributed by atoms with Crippen molar-refractivity contribution in [2.75, 3.05) is 43.4 Å². The zero-order valence-corrected chi connectivity index (χ0v) is 18.1. The van der Waals surface area contributed by atoms with E-state index in [1.807, 2.05) is 24.3 Å². The fourth-order valence-electron chi connectivity index (χ4n) is 3.60. The Morgan fingerprint density at radius 2 is 1.38 bits per heavy atom. The number of rotatable bonds is 6. The molecule has 0 unspecified atom stereocenters. The molecular weight excluding hydrogens is 380 g/mol. The Labute approximate surface area is 179 Å². The second-order valence-corrected chi connectivity index (χ2v) is 7.65. The Bertz CT molecular complexity index is 846. The van der Waals surface area contributed by atoms with Crippen LogP contribution in [0.25, 0.3) is 0 Å². The number of carbonyl (C=O) groups is 1. The van der Waals surface area contributed by atoms with Gasteiger partial charge in [-0.1, -0.05) is 50.2 Å². The van der Waals surface area contributed by atoms with E-state index < -0.39 is 0 Å². The van der Waals surface area contributed by atoms with Gasteiger partial charge in [-0.3, -0.25) is 9.69 Å². The minimum absolute atomic E-state index is 0.0388.